The maximum atomic E-state index is 9.83. The largest absolute Gasteiger partial charge is 0.361 e. The zero-order valence-corrected chi connectivity index (χ0v) is 22.9. The Hall–Kier alpha value is -3.99. The van der Waals surface area contributed by atoms with E-state index in [2.05, 4.69) is 61.7 Å². The Morgan fingerprint density at radius 3 is 2.62 bits per heavy atom. The van der Waals surface area contributed by atoms with Gasteiger partial charge in [-0.3, -0.25) is 9.97 Å². The second-order valence-corrected chi connectivity index (χ2v) is 10.3. The summed E-state index contributed by atoms with van der Waals surface area (Å²) in [5.74, 6) is 0. The molecule has 39 heavy (non-hydrogen) atoms. The van der Waals surface area contributed by atoms with Gasteiger partial charge in [-0.1, -0.05) is 18.9 Å². The second-order valence-electron chi connectivity index (χ2n) is 10.3. The molecule has 0 unspecified atom stereocenters. The predicted octanol–water partition coefficient (Wildman–Crippen LogP) is 6.33. The molecule has 3 N–H and O–H groups in total. The van der Waals surface area contributed by atoms with E-state index in [-0.39, 0.29) is 0 Å². The lowest BCUT2D eigenvalue weighted by Crippen LogP contribution is -2.32. The van der Waals surface area contributed by atoms with Crippen LogP contribution in [0.25, 0.3) is 23.1 Å². The van der Waals surface area contributed by atoms with Crippen molar-refractivity contribution in [3.8, 4) is 6.07 Å². The summed E-state index contributed by atoms with van der Waals surface area (Å²) in [5, 5.41) is 18.1. The highest BCUT2D eigenvalue weighted by molar-refractivity contribution is 5.90. The number of pyridine rings is 2. The third kappa shape index (κ3) is 6.54. The van der Waals surface area contributed by atoms with Gasteiger partial charge in [0.15, 0.2) is 0 Å². The van der Waals surface area contributed by atoms with Gasteiger partial charge in [0.05, 0.1) is 16.9 Å². The van der Waals surface area contributed by atoms with Gasteiger partial charge >= 0.3 is 0 Å². The summed E-state index contributed by atoms with van der Waals surface area (Å²) in [5.41, 5.74) is 8.19. The molecule has 0 spiro atoms. The molecule has 7 nitrogen and oxygen atoms in total. The van der Waals surface area contributed by atoms with Gasteiger partial charge in [0.1, 0.15) is 6.07 Å². The summed E-state index contributed by atoms with van der Waals surface area (Å²) in [6.45, 7) is 9.43. The first-order valence-electron chi connectivity index (χ1n) is 13.9. The van der Waals surface area contributed by atoms with E-state index in [1.54, 1.807) is 6.20 Å². The maximum absolute atomic E-state index is 9.83. The van der Waals surface area contributed by atoms with Crippen molar-refractivity contribution in [2.45, 2.75) is 46.1 Å². The number of likely N-dealkylation sites (tertiary alicyclic amines) is 1. The SMILES string of the molecule is Cc1ncc(C#N)c(Nc2ccc3[nH]ccc3c2C)c1C=Cc1ccc(CNCCN2CCCCCC2)cn1. The highest BCUT2D eigenvalue weighted by Crippen LogP contribution is 2.32. The Bertz CT molecular complexity index is 1470. The van der Waals surface area contributed by atoms with E-state index < -0.39 is 0 Å². The normalized spacial score (nSPS) is 14.5. The Morgan fingerprint density at radius 2 is 1.85 bits per heavy atom. The first-order chi connectivity index (χ1) is 19.1. The number of benzene rings is 1. The molecule has 1 saturated heterocycles. The number of aryl methyl sites for hydroxylation is 2. The van der Waals surface area contributed by atoms with Crippen LogP contribution in [-0.2, 0) is 6.54 Å². The first kappa shape index (κ1) is 26.6. The van der Waals surface area contributed by atoms with Crippen molar-refractivity contribution < 1.29 is 0 Å². The molecule has 7 heteroatoms. The Morgan fingerprint density at radius 1 is 1.00 bits per heavy atom. The van der Waals surface area contributed by atoms with Crippen LogP contribution in [0.15, 0.2) is 48.9 Å². The Kier molecular flexibility index (Phi) is 8.67. The molecule has 0 saturated carbocycles. The molecule has 0 bridgehead atoms. The summed E-state index contributed by atoms with van der Waals surface area (Å²) in [6.07, 6.45) is 14.9. The third-order valence-corrected chi connectivity index (χ3v) is 7.60. The number of nitriles is 1. The molecule has 3 aromatic heterocycles. The fraction of sp³-hybridized carbons (Fsp3) is 0.344. The molecule has 1 aromatic carbocycles. The van der Waals surface area contributed by atoms with E-state index in [4.69, 9.17) is 0 Å². The van der Waals surface area contributed by atoms with Crippen LogP contribution in [0.3, 0.4) is 0 Å². The molecule has 1 aliphatic heterocycles. The van der Waals surface area contributed by atoms with Crippen LogP contribution in [0.2, 0.25) is 0 Å². The van der Waals surface area contributed by atoms with Crippen molar-refractivity contribution in [3.63, 3.8) is 0 Å². The first-order valence-corrected chi connectivity index (χ1v) is 13.9. The third-order valence-electron chi connectivity index (χ3n) is 7.60. The van der Waals surface area contributed by atoms with Crippen LogP contribution in [0.5, 0.6) is 0 Å². The van der Waals surface area contributed by atoms with Gasteiger partial charge in [-0.05, 0) is 87.3 Å². The number of nitrogens with zero attached hydrogens (tertiary/aromatic N) is 4. The predicted molar refractivity (Wildman–Crippen MR) is 160 cm³/mol. The number of hydrogen-bond acceptors (Lipinski definition) is 6. The molecule has 5 rings (SSSR count). The van der Waals surface area contributed by atoms with Crippen LogP contribution in [0, 0.1) is 25.2 Å². The van der Waals surface area contributed by atoms with Crippen molar-refractivity contribution in [1.82, 2.24) is 25.2 Å². The van der Waals surface area contributed by atoms with Gasteiger partial charge in [-0.15, -0.1) is 0 Å². The molecule has 0 radical (unpaired) electrons. The molecule has 1 aliphatic rings. The number of aromatic amines is 1. The summed E-state index contributed by atoms with van der Waals surface area (Å²) in [6, 6.07) is 12.6. The fourth-order valence-electron chi connectivity index (χ4n) is 5.24. The molecular formula is C32H37N7. The molecule has 200 valence electrons. The van der Waals surface area contributed by atoms with Crippen LogP contribution >= 0.6 is 0 Å². The monoisotopic (exact) mass is 519 g/mol. The van der Waals surface area contributed by atoms with Gasteiger partial charge in [-0.2, -0.15) is 5.26 Å². The van der Waals surface area contributed by atoms with E-state index in [0.717, 1.165) is 64.4 Å². The summed E-state index contributed by atoms with van der Waals surface area (Å²) in [4.78, 5) is 15.0. The molecular weight excluding hydrogens is 482 g/mol. The number of H-pyrrole nitrogens is 1. The zero-order chi connectivity index (χ0) is 27.0. The molecule has 4 heterocycles. The highest BCUT2D eigenvalue weighted by atomic mass is 15.1. The van der Waals surface area contributed by atoms with Crippen LogP contribution in [0.1, 0.15) is 59.3 Å². The zero-order valence-electron chi connectivity index (χ0n) is 22.9. The number of aromatic nitrogens is 3. The van der Waals surface area contributed by atoms with Gasteiger partial charge in [0, 0.05) is 66.1 Å². The maximum Gasteiger partial charge on any atom is 0.103 e. The minimum absolute atomic E-state index is 0.503. The standard InChI is InChI=1S/C32H37N7/c1-23-28-13-14-35-31(28)12-11-30(23)38-32-26(19-33)22-36-24(2)29(32)10-9-27-8-7-25(21-37-27)20-34-15-18-39-16-5-3-4-6-17-39/h7-14,21-22,34-35H,3-6,15-18,20H2,1-2H3,(H,36,38). The summed E-state index contributed by atoms with van der Waals surface area (Å²) >= 11 is 0. The fourth-order valence-corrected chi connectivity index (χ4v) is 5.24. The van der Waals surface area contributed by atoms with Crippen molar-refractivity contribution >= 4 is 34.4 Å². The van der Waals surface area contributed by atoms with Gasteiger partial charge in [-0.25, -0.2) is 0 Å². The lowest BCUT2D eigenvalue weighted by Gasteiger charge is -2.19. The number of fused-ring (bicyclic) bond motifs is 1. The quantitative estimate of drug-likeness (QED) is 0.224. The number of anilines is 2. The van der Waals surface area contributed by atoms with E-state index in [1.807, 2.05) is 43.6 Å². The van der Waals surface area contributed by atoms with Gasteiger partial charge in [0.25, 0.3) is 0 Å². The molecule has 0 aliphatic carbocycles. The molecule has 0 amide bonds. The second kappa shape index (κ2) is 12.7. The summed E-state index contributed by atoms with van der Waals surface area (Å²) < 4.78 is 0. The van der Waals surface area contributed by atoms with E-state index >= 15 is 0 Å². The molecule has 4 aromatic rings. The highest BCUT2D eigenvalue weighted by Gasteiger charge is 2.14. The topological polar surface area (TPSA) is 92.7 Å². The Labute approximate surface area is 231 Å². The van der Waals surface area contributed by atoms with Crippen LogP contribution in [-0.4, -0.2) is 46.0 Å². The lowest BCUT2D eigenvalue weighted by atomic mass is 10.0. The van der Waals surface area contributed by atoms with Crippen molar-refractivity contribution in [2.24, 2.45) is 0 Å². The average molecular weight is 520 g/mol. The molecule has 1 fully saturated rings. The summed E-state index contributed by atoms with van der Waals surface area (Å²) in [7, 11) is 0. The van der Waals surface area contributed by atoms with Gasteiger partial charge in [0.2, 0.25) is 0 Å². The van der Waals surface area contributed by atoms with Crippen LogP contribution < -0.4 is 10.6 Å². The van der Waals surface area contributed by atoms with Crippen molar-refractivity contribution in [1.29, 1.82) is 5.26 Å². The smallest absolute Gasteiger partial charge is 0.103 e. The number of nitrogens with one attached hydrogen (secondary N) is 3. The Balaban J connectivity index is 1.26. The van der Waals surface area contributed by atoms with Gasteiger partial charge < -0.3 is 20.5 Å². The van der Waals surface area contributed by atoms with E-state index in [0.29, 0.717) is 5.56 Å². The molecule has 0 atom stereocenters. The van der Waals surface area contributed by atoms with Crippen molar-refractivity contribution in [3.05, 3.63) is 82.6 Å². The van der Waals surface area contributed by atoms with Crippen LogP contribution in [0.4, 0.5) is 11.4 Å². The van der Waals surface area contributed by atoms with E-state index in [9.17, 15) is 5.26 Å². The number of rotatable bonds is 9. The number of hydrogen-bond donors (Lipinski definition) is 3. The lowest BCUT2D eigenvalue weighted by molar-refractivity contribution is 0.284. The minimum atomic E-state index is 0.503. The minimum Gasteiger partial charge on any atom is -0.361 e. The van der Waals surface area contributed by atoms with E-state index in [1.165, 1.54) is 44.3 Å². The van der Waals surface area contributed by atoms with Crippen molar-refractivity contribution in [2.75, 3.05) is 31.5 Å². The average Bonchev–Trinajstić information content (AvgIpc) is 3.29.